The summed E-state index contributed by atoms with van der Waals surface area (Å²) in [4.78, 5) is 23.3. The number of halogens is 3. The molecule has 0 aliphatic rings. The van der Waals surface area contributed by atoms with Crippen LogP contribution in [0.15, 0.2) is 24.3 Å². The first kappa shape index (κ1) is 17.0. The zero-order valence-electron chi connectivity index (χ0n) is 11.5. The van der Waals surface area contributed by atoms with E-state index in [2.05, 4.69) is 0 Å². The molecular formula is C14H16F3NO3. The van der Waals surface area contributed by atoms with Crippen LogP contribution >= 0.6 is 0 Å². The zero-order chi connectivity index (χ0) is 16.0. The lowest BCUT2D eigenvalue weighted by Gasteiger charge is -2.20. The molecule has 1 aromatic rings. The maximum atomic E-state index is 12.8. The van der Waals surface area contributed by atoms with Gasteiger partial charge in [0.2, 0.25) is 5.91 Å². The highest BCUT2D eigenvalue weighted by Crippen LogP contribution is 2.32. The summed E-state index contributed by atoms with van der Waals surface area (Å²) in [7, 11) is 1.40. The summed E-state index contributed by atoms with van der Waals surface area (Å²) in [5, 5.41) is 8.48. The number of hydrogen-bond acceptors (Lipinski definition) is 2. The van der Waals surface area contributed by atoms with Gasteiger partial charge in [-0.05, 0) is 18.1 Å². The summed E-state index contributed by atoms with van der Waals surface area (Å²) >= 11 is 0. The van der Waals surface area contributed by atoms with Crippen molar-refractivity contribution in [3.63, 3.8) is 0 Å². The van der Waals surface area contributed by atoms with Gasteiger partial charge >= 0.3 is 12.1 Å². The molecule has 0 saturated carbocycles. The lowest BCUT2D eigenvalue weighted by molar-refractivity contribution is -0.140. The number of amides is 1. The Hall–Kier alpha value is -2.05. The first-order chi connectivity index (χ1) is 9.71. The fourth-order valence-electron chi connectivity index (χ4n) is 1.86. The third-order valence-corrected chi connectivity index (χ3v) is 2.94. The molecule has 0 aliphatic carbocycles. The van der Waals surface area contributed by atoms with Gasteiger partial charge in [-0.15, -0.1) is 0 Å². The molecule has 0 heterocycles. The molecular weight excluding hydrogens is 287 g/mol. The molecule has 7 heteroatoms. The van der Waals surface area contributed by atoms with Gasteiger partial charge in [-0.3, -0.25) is 9.59 Å². The number of hydrogen-bond donors (Lipinski definition) is 1. The number of carboxylic acid groups (broad SMARTS) is 1. The molecule has 0 aliphatic heterocycles. The van der Waals surface area contributed by atoms with E-state index in [9.17, 15) is 22.8 Å². The van der Waals surface area contributed by atoms with Gasteiger partial charge in [0.15, 0.2) is 0 Å². The Morgan fingerprint density at radius 1 is 1.19 bits per heavy atom. The minimum atomic E-state index is -4.47. The van der Waals surface area contributed by atoms with Gasteiger partial charge in [0, 0.05) is 26.4 Å². The first-order valence-electron chi connectivity index (χ1n) is 6.32. The van der Waals surface area contributed by atoms with Crippen LogP contribution in [-0.4, -0.2) is 28.9 Å². The molecule has 0 atom stereocenters. The van der Waals surface area contributed by atoms with Gasteiger partial charge in [-0.1, -0.05) is 18.2 Å². The van der Waals surface area contributed by atoms with Gasteiger partial charge in [0.1, 0.15) is 0 Å². The summed E-state index contributed by atoms with van der Waals surface area (Å²) in [6.07, 6.45) is -4.45. The molecule has 4 nitrogen and oxygen atoms in total. The number of nitrogens with zero attached hydrogens (tertiary/aromatic N) is 1. The normalized spacial score (nSPS) is 11.2. The molecule has 1 N–H and O–H groups in total. The van der Waals surface area contributed by atoms with E-state index >= 15 is 0 Å². The summed E-state index contributed by atoms with van der Waals surface area (Å²) in [5.74, 6) is -1.39. The molecule has 0 saturated heterocycles. The highest BCUT2D eigenvalue weighted by atomic mass is 19.4. The van der Waals surface area contributed by atoms with E-state index in [4.69, 9.17) is 5.11 Å². The average molecular weight is 303 g/mol. The molecule has 0 aromatic heterocycles. The van der Waals surface area contributed by atoms with Crippen molar-refractivity contribution in [1.82, 2.24) is 4.90 Å². The Morgan fingerprint density at radius 3 is 2.38 bits per heavy atom. The van der Waals surface area contributed by atoms with E-state index in [1.54, 1.807) is 0 Å². The Labute approximate surface area is 120 Å². The zero-order valence-corrected chi connectivity index (χ0v) is 11.5. The summed E-state index contributed by atoms with van der Waals surface area (Å²) in [6, 6.07) is 5.07. The third kappa shape index (κ3) is 5.45. The monoisotopic (exact) mass is 303 g/mol. The molecule has 1 aromatic carbocycles. The van der Waals surface area contributed by atoms with Crippen LogP contribution in [0.2, 0.25) is 0 Å². The van der Waals surface area contributed by atoms with Crippen LogP contribution in [0.4, 0.5) is 13.2 Å². The molecule has 0 bridgehead atoms. The number of rotatable bonds is 6. The number of carboxylic acids is 1. The maximum Gasteiger partial charge on any atom is 0.416 e. The van der Waals surface area contributed by atoms with Crippen molar-refractivity contribution in [1.29, 1.82) is 0 Å². The number of carbonyl (C=O) groups is 2. The molecule has 0 spiro atoms. The van der Waals surface area contributed by atoms with Gasteiger partial charge in [-0.2, -0.15) is 13.2 Å². The first-order valence-corrected chi connectivity index (χ1v) is 6.32. The van der Waals surface area contributed by atoms with E-state index in [1.807, 2.05) is 0 Å². The Balaban J connectivity index is 2.68. The highest BCUT2D eigenvalue weighted by molar-refractivity contribution is 5.76. The number of benzene rings is 1. The highest BCUT2D eigenvalue weighted by Gasteiger charge is 2.33. The quantitative estimate of drug-likeness (QED) is 0.879. The second kappa shape index (κ2) is 7.10. The minimum absolute atomic E-state index is 0.00299. The second-order valence-electron chi connectivity index (χ2n) is 4.65. The van der Waals surface area contributed by atoms with Gasteiger partial charge in [0.25, 0.3) is 0 Å². The van der Waals surface area contributed by atoms with E-state index in [-0.39, 0.29) is 37.3 Å². The van der Waals surface area contributed by atoms with Crippen LogP contribution in [-0.2, 0) is 22.3 Å². The number of aliphatic carboxylic acids is 1. The van der Waals surface area contributed by atoms with Crippen molar-refractivity contribution in [3.05, 3.63) is 35.4 Å². The summed E-state index contributed by atoms with van der Waals surface area (Å²) in [6.45, 7) is -0.165. The van der Waals surface area contributed by atoms with Crippen molar-refractivity contribution >= 4 is 11.9 Å². The molecule has 0 radical (unpaired) electrons. The predicted molar refractivity (Wildman–Crippen MR) is 69.4 cm³/mol. The van der Waals surface area contributed by atoms with E-state index in [0.29, 0.717) is 0 Å². The summed E-state index contributed by atoms with van der Waals surface area (Å²) in [5.41, 5.74) is -0.755. The van der Waals surface area contributed by atoms with Crippen molar-refractivity contribution in [3.8, 4) is 0 Å². The second-order valence-corrected chi connectivity index (χ2v) is 4.65. The van der Waals surface area contributed by atoms with Crippen LogP contribution in [0.25, 0.3) is 0 Å². The average Bonchev–Trinajstić information content (AvgIpc) is 2.37. The van der Waals surface area contributed by atoms with Crippen LogP contribution in [0.5, 0.6) is 0 Å². The number of carbonyl (C=O) groups excluding carboxylic acids is 1. The molecule has 0 unspecified atom stereocenters. The van der Waals surface area contributed by atoms with E-state index < -0.39 is 17.7 Å². The minimum Gasteiger partial charge on any atom is -0.481 e. The molecule has 116 valence electrons. The van der Waals surface area contributed by atoms with Crippen molar-refractivity contribution in [2.24, 2.45) is 0 Å². The van der Waals surface area contributed by atoms with Gasteiger partial charge in [-0.25, -0.2) is 0 Å². The molecule has 21 heavy (non-hydrogen) atoms. The summed E-state index contributed by atoms with van der Waals surface area (Å²) < 4.78 is 38.5. The van der Waals surface area contributed by atoms with Gasteiger partial charge in [0.05, 0.1) is 5.56 Å². The largest absolute Gasteiger partial charge is 0.481 e. The lowest BCUT2D eigenvalue weighted by atomic mass is 10.1. The smallest absolute Gasteiger partial charge is 0.416 e. The van der Waals surface area contributed by atoms with Crippen LogP contribution in [0.1, 0.15) is 30.4 Å². The van der Waals surface area contributed by atoms with Crippen molar-refractivity contribution in [2.75, 3.05) is 7.05 Å². The maximum absolute atomic E-state index is 12.8. The predicted octanol–water partition coefficient (Wildman–Crippen LogP) is 2.92. The number of alkyl halides is 3. The topological polar surface area (TPSA) is 57.6 Å². The Morgan fingerprint density at radius 2 is 1.81 bits per heavy atom. The van der Waals surface area contributed by atoms with Gasteiger partial charge < -0.3 is 10.0 Å². The molecule has 1 amide bonds. The SMILES string of the molecule is CN(Cc1ccccc1C(F)(F)F)C(=O)CCCC(=O)O. The van der Waals surface area contributed by atoms with Crippen LogP contribution in [0.3, 0.4) is 0 Å². The molecule has 0 fully saturated rings. The Kier molecular flexibility index (Phi) is 5.75. The fourth-order valence-corrected chi connectivity index (χ4v) is 1.86. The lowest BCUT2D eigenvalue weighted by Crippen LogP contribution is -2.27. The van der Waals surface area contributed by atoms with E-state index in [0.717, 1.165) is 6.07 Å². The van der Waals surface area contributed by atoms with Crippen molar-refractivity contribution < 1.29 is 27.9 Å². The fraction of sp³-hybridized carbons (Fsp3) is 0.429. The Bertz CT molecular complexity index is 514. The van der Waals surface area contributed by atoms with Crippen molar-refractivity contribution in [2.45, 2.75) is 32.0 Å². The van der Waals surface area contributed by atoms with E-state index in [1.165, 1.54) is 30.1 Å². The molecule has 1 rings (SSSR count). The van der Waals surface area contributed by atoms with Crippen LogP contribution in [0, 0.1) is 0 Å². The van der Waals surface area contributed by atoms with Crippen LogP contribution < -0.4 is 0 Å². The third-order valence-electron chi connectivity index (χ3n) is 2.94. The standard InChI is InChI=1S/C14H16F3NO3/c1-18(12(19)7-4-8-13(20)21)9-10-5-2-3-6-11(10)14(15,16)17/h2-3,5-6H,4,7-9H2,1H3,(H,20,21).